The fourth-order valence-corrected chi connectivity index (χ4v) is 4.52. The van der Waals surface area contributed by atoms with E-state index in [2.05, 4.69) is 15.7 Å². The Labute approximate surface area is 188 Å². The predicted molar refractivity (Wildman–Crippen MR) is 120 cm³/mol. The molecule has 0 radical (unpaired) electrons. The van der Waals surface area contributed by atoms with Crippen molar-refractivity contribution in [2.45, 2.75) is 70.1 Å². The van der Waals surface area contributed by atoms with Crippen LogP contribution in [-0.4, -0.2) is 51.0 Å². The van der Waals surface area contributed by atoms with Crippen LogP contribution in [0.1, 0.15) is 78.5 Å². The summed E-state index contributed by atoms with van der Waals surface area (Å²) in [6.07, 6.45) is 5.36. The summed E-state index contributed by atoms with van der Waals surface area (Å²) < 4.78 is 1.49. The minimum Gasteiger partial charge on any atom is -0.351 e. The molecular formula is C24H31N5O3. The van der Waals surface area contributed by atoms with Crippen LogP contribution in [0.2, 0.25) is 0 Å². The Bertz CT molecular complexity index is 1010. The summed E-state index contributed by atoms with van der Waals surface area (Å²) in [5, 5.41) is 10.4. The molecule has 0 unspecified atom stereocenters. The Morgan fingerprint density at radius 1 is 1.16 bits per heavy atom. The second kappa shape index (κ2) is 8.76. The lowest BCUT2D eigenvalue weighted by Gasteiger charge is -2.41. The Morgan fingerprint density at radius 3 is 2.53 bits per heavy atom. The first kappa shape index (κ1) is 22.0. The first-order valence-electron chi connectivity index (χ1n) is 11.3. The van der Waals surface area contributed by atoms with Gasteiger partial charge >= 0.3 is 0 Å². The number of rotatable bonds is 5. The molecule has 1 fully saturated rings. The highest BCUT2D eigenvalue weighted by atomic mass is 16.2. The molecular weight excluding hydrogens is 406 g/mol. The number of nitrogens with one attached hydrogen (secondary N) is 2. The normalized spacial score (nSPS) is 22.2. The maximum absolute atomic E-state index is 13.2. The average molecular weight is 438 g/mol. The van der Waals surface area contributed by atoms with Crippen LogP contribution >= 0.6 is 0 Å². The van der Waals surface area contributed by atoms with Gasteiger partial charge in [-0.2, -0.15) is 5.10 Å². The van der Waals surface area contributed by atoms with Crippen molar-refractivity contribution >= 4 is 17.7 Å². The zero-order valence-corrected chi connectivity index (χ0v) is 18.9. The van der Waals surface area contributed by atoms with Crippen LogP contribution in [0.3, 0.4) is 0 Å². The first-order chi connectivity index (χ1) is 15.3. The summed E-state index contributed by atoms with van der Waals surface area (Å²) in [5.41, 5.74) is 0.389. The minimum atomic E-state index is -1.07. The maximum atomic E-state index is 13.2. The molecule has 170 valence electrons. The van der Waals surface area contributed by atoms with Crippen molar-refractivity contribution in [1.29, 1.82) is 0 Å². The van der Waals surface area contributed by atoms with Crippen molar-refractivity contribution in [3.63, 3.8) is 0 Å². The number of carbonyl (C=O) groups excluding carboxylic acids is 3. The van der Waals surface area contributed by atoms with E-state index in [1.54, 1.807) is 14.0 Å². The summed E-state index contributed by atoms with van der Waals surface area (Å²) in [4.78, 5) is 40.5. The van der Waals surface area contributed by atoms with Gasteiger partial charge < -0.3 is 15.5 Å². The molecule has 32 heavy (non-hydrogen) atoms. The Kier molecular flexibility index (Phi) is 6.04. The van der Waals surface area contributed by atoms with Crippen LogP contribution in [0, 0.1) is 0 Å². The Morgan fingerprint density at radius 2 is 1.84 bits per heavy atom. The number of fused-ring (bicyclic) bond motifs is 1. The van der Waals surface area contributed by atoms with E-state index < -0.39 is 5.54 Å². The van der Waals surface area contributed by atoms with Gasteiger partial charge in [0.15, 0.2) is 5.69 Å². The fourth-order valence-electron chi connectivity index (χ4n) is 4.52. The SMILES string of the molecule is C[C@H](NC(=O)c1cc2n(n1)C[C@@](C)(C(=O)NC1CCCCC1)N(C)C2=O)c1ccccc1. The summed E-state index contributed by atoms with van der Waals surface area (Å²) in [6, 6.07) is 11.1. The summed E-state index contributed by atoms with van der Waals surface area (Å²) >= 11 is 0. The van der Waals surface area contributed by atoms with Crippen LogP contribution in [0.15, 0.2) is 36.4 Å². The number of nitrogens with zero attached hydrogens (tertiary/aromatic N) is 3. The fraction of sp³-hybridized carbons (Fsp3) is 0.500. The maximum Gasteiger partial charge on any atom is 0.272 e. The van der Waals surface area contributed by atoms with Gasteiger partial charge in [0.2, 0.25) is 5.91 Å². The van der Waals surface area contributed by atoms with Gasteiger partial charge in [-0.25, -0.2) is 0 Å². The molecule has 4 rings (SSSR count). The van der Waals surface area contributed by atoms with Gasteiger partial charge in [0.1, 0.15) is 11.2 Å². The summed E-state index contributed by atoms with van der Waals surface area (Å²) in [5.74, 6) is -0.850. The first-order valence-corrected chi connectivity index (χ1v) is 11.3. The highest BCUT2D eigenvalue weighted by molar-refractivity contribution is 6.01. The molecule has 8 nitrogen and oxygen atoms in total. The molecule has 1 aliphatic carbocycles. The van der Waals surface area contributed by atoms with Gasteiger partial charge in [-0.05, 0) is 32.3 Å². The van der Waals surface area contributed by atoms with E-state index >= 15 is 0 Å². The molecule has 1 aromatic carbocycles. The molecule has 0 saturated heterocycles. The molecule has 2 N–H and O–H groups in total. The lowest BCUT2D eigenvalue weighted by molar-refractivity contribution is -0.133. The summed E-state index contributed by atoms with van der Waals surface area (Å²) in [6.45, 7) is 3.85. The van der Waals surface area contributed by atoms with Gasteiger partial charge in [0.05, 0.1) is 12.6 Å². The molecule has 2 aliphatic rings. The van der Waals surface area contributed by atoms with Gasteiger partial charge in [0.25, 0.3) is 11.8 Å². The molecule has 1 aromatic heterocycles. The van der Waals surface area contributed by atoms with E-state index in [1.807, 2.05) is 37.3 Å². The minimum absolute atomic E-state index is 0.149. The van der Waals surface area contributed by atoms with Crippen LogP contribution in [0.5, 0.6) is 0 Å². The van der Waals surface area contributed by atoms with Crippen molar-refractivity contribution in [1.82, 2.24) is 25.3 Å². The zero-order chi connectivity index (χ0) is 22.9. The van der Waals surface area contributed by atoms with E-state index in [-0.39, 0.29) is 42.0 Å². The van der Waals surface area contributed by atoms with Gasteiger partial charge in [-0.1, -0.05) is 49.6 Å². The van der Waals surface area contributed by atoms with Crippen molar-refractivity contribution in [2.75, 3.05) is 7.05 Å². The second-order valence-corrected chi connectivity index (χ2v) is 9.12. The average Bonchev–Trinajstić information content (AvgIpc) is 3.23. The van der Waals surface area contributed by atoms with E-state index in [9.17, 15) is 14.4 Å². The van der Waals surface area contributed by atoms with Crippen molar-refractivity contribution in [3.05, 3.63) is 53.3 Å². The molecule has 1 saturated carbocycles. The molecule has 2 heterocycles. The number of carbonyl (C=O) groups is 3. The van der Waals surface area contributed by atoms with Crippen molar-refractivity contribution in [2.24, 2.45) is 0 Å². The number of likely N-dealkylation sites (N-methyl/N-ethyl adjacent to an activating group) is 1. The lowest BCUT2D eigenvalue weighted by atomic mass is 9.92. The van der Waals surface area contributed by atoms with E-state index in [4.69, 9.17) is 0 Å². The van der Waals surface area contributed by atoms with Gasteiger partial charge in [-0.15, -0.1) is 0 Å². The van der Waals surface area contributed by atoms with E-state index in [0.29, 0.717) is 5.69 Å². The quantitative estimate of drug-likeness (QED) is 0.752. The zero-order valence-electron chi connectivity index (χ0n) is 18.9. The molecule has 0 spiro atoms. The third-order valence-corrected chi connectivity index (χ3v) is 6.81. The van der Waals surface area contributed by atoms with E-state index in [0.717, 1.165) is 31.2 Å². The predicted octanol–water partition coefficient (Wildman–Crippen LogP) is 2.67. The molecule has 8 heteroatoms. The van der Waals surface area contributed by atoms with E-state index in [1.165, 1.54) is 22.1 Å². The van der Waals surface area contributed by atoms with Gasteiger partial charge in [-0.3, -0.25) is 19.1 Å². The molecule has 2 aromatic rings. The smallest absolute Gasteiger partial charge is 0.272 e. The third kappa shape index (κ3) is 4.13. The second-order valence-electron chi connectivity index (χ2n) is 9.12. The van der Waals surface area contributed by atoms with Gasteiger partial charge in [0, 0.05) is 19.2 Å². The van der Waals surface area contributed by atoms with Crippen LogP contribution in [0.4, 0.5) is 0 Å². The summed E-state index contributed by atoms with van der Waals surface area (Å²) in [7, 11) is 1.64. The number of hydrogen-bond acceptors (Lipinski definition) is 4. The van der Waals surface area contributed by atoms with Crippen molar-refractivity contribution in [3.8, 4) is 0 Å². The standard InChI is InChI=1S/C24H31N5O3/c1-16(17-10-6-4-7-11-17)25-21(30)19-14-20-22(31)28(3)24(2,15-29(20)27-19)23(32)26-18-12-8-5-9-13-18/h4,6-7,10-11,14,16,18H,5,8-9,12-13,15H2,1-3H3,(H,25,30)(H,26,32)/t16-,24-/m0/s1. The molecule has 2 atom stereocenters. The molecule has 1 aliphatic heterocycles. The molecule has 0 bridgehead atoms. The van der Waals surface area contributed by atoms with Crippen LogP contribution in [-0.2, 0) is 11.3 Å². The number of amides is 3. The largest absolute Gasteiger partial charge is 0.351 e. The topological polar surface area (TPSA) is 96.3 Å². The molecule has 3 amide bonds. The highest BCUT2D eigenvalue weighted by Gasteiger charge is 2.46. The van der Waals surface area contributed by atoms with Crippen LogP contribution in [0.25, 0.3) is 0 Å². The lowest BCUT2D eigenvalue weighted by Crippen LogP contribution is -2.63. The third-order valence-electron chi connectivity index (χ3n) is 6.81. The number of hydrogen-bond donors (Lipinski definition) is 2. The van der Waals surface area contributed by atoms with Crippen LogP contribution < -0.4 is 10.6 Å². The Balaban J connectivity index is 1.50. The highest BCUT2D eigenvalue weighted by Crippen LogP contribution is 2.27. The Hall–Kier alpha value is -3.16. The monoisotopic (exact) mass is 437 g/mol. The number of benzene rings is 1. The van der Waals surface area contributed by atoms with Crippen molar-refractivity contribution < 1.29 is 14.4 Å². The number of aromatic nitrogens is 2.